The summed E-state index contributed by atoms with van der Waals surface area (Å²) >= 11 is 0. The van der Waals surface area contributed by atoms with Crippen LogP contribution in [0.2, 0.25) is 0 Å². The Morgan fingerprint density at radius 2 is 1.96 bits per heavy atom. The van der Waals surface area contributed by atoms with Gasteiger partial charge in [-0.15, -0.1) is 0 Å². The van der Waals surface area contributed by atoms with Crippen LogP contribution in [0.1, 0.15) is 44.6 Å². The standard InChI is InChI=1S/C22H32N2/c1-2-3-6-16-24-17-8-12-21(18-24)23-15-14-20-11-7-10-19-9-4-5-13-22(19)20/h4-5,7,9-11,13,21,23H,2-3,6,8,12,14-18H2,1H3. The zero-order chi connectivity index (χ0) is 16.6. The molecule has 1 aliphatic rings. The van der Waals surface area contributed by atoms with Crippen LogP contribution in [-0.4, -0.2) is 37.1 Å². The fraction of sp³-hybridized carbons (Fsp3) is 0.545. The molecular weight excluding hydrogens is 292 g/mol. The van der Waals surface area contributed by atoms with E-state index in [2.05, 4.69) is 59.6 Å². The smallest absolute Gasteiger partial charge is 0.0195 e. The topological polar surface area (TPSA) is 15.3 Å². The van der Waals surface area contributed by atoms with E-state index in [1.54, 1.807) is 0 Å². The summed E-state index contributed by atoms with van der Waals surface area (Å²) in [5, 5.41) is 6.58. The molecule has 24 heavy (non-hydrogen) atoms. The molecule has 2 nitrogen and oxygen atoms in total. The Labute approximate surface area is 147 Å². The number of nitrogens with zero attached hydrogens (tertiary/aromatic N) is 1. The highest BCUT2D eigenvalue weighted by molar-refractivity contribution is 5.85. The molecule has 1 unspecified atom stereocenters. The molecule has 0 bridgehead atoms. The van der Waals surface area contributed by atoms with E-state index >= 15 is 0 Å². The fourth-order valence-corrected chi connectivity index (χ4v) is 3.93. The third-order valence-corrected chi connectivity index (χ3v) is 5.29. The van der Waals surface area contributed by atoms with Crippen LogP contribution in [0.15, 0.2) is 42.5 Å². The summed E-state index contributed by atoms with van der Waals surface area (Å²) in [5.41, 5.74) is 1.47. The highest BCUT2D eigenvalue weighted by atomic mass is 15.2. The van der Waals surface area contributed by atoms with Crippen molar-refractivity contribution in [3.05, 3.63) is 48.0 Å². The summed E-state index contributed by atoms with van der Waals surface area (Å²) in [6, 6.07) is 16.1. The minimum Gasteiger partial charge on any atom is -0.312 e. The molecule has 0 spiro atoms. The van der Waals surface area contributed by atoms with Crippen LogP contribution in [0.25, 0.3) is 10.8 Å². The van der Waals surface area contributed by atoms with Crippen molar-refractivity contribution in [1.82, 2.24) is 10.2 Å². The van der Waals surface area contributed by atoms with Gasteiger partial charge in [-0.3, -0.25) is 0 Å². The number of rotatable bonds is 8. The van der Waals surface area contributed by atoms with Gasteiger partial charge in [-0.1, -0.05) is 62.2 Å². The van der Waals surface area contributed by atoms with Crippen molar-refractivity contribution in [3.63, 3.8) is 0 Å². The van der Waals surface area contributed by atoms with Crippen LogP contribution in [0, 0.1) is 0 Å². The summed E-state index contributed by atoms with van der Waals surface area (Å²) in [7, 11) is 0. The third kappa shape index (κ3) is 4.81. The number of nitrogens with one attached hydrogen (secondary N) is 1. The van der Waals surface area contributed by atoms with Gasteiger partial charge in [-0.05, 0) is 61.7 Å². The molecular formula is C22H32N2. The molecule has 1 atom stereocenters. The second kappa shape index (κ2) is 9.19. The molecule has 1 heterocycles. The molecule has 0 saturated carbocycles. The normalized spacial score (nSPS) is 19.0. The Morgan fingerprint density at radius 1 is 1.08 bits per heavy atom. The largest absolute Gasteiger partial charge is 0.312 e. The number of likely N-dealkylation sites (tertiary alicyclic amines) is 1. The van der Waals surface area contributed by atoms with E-state index < -0.39 is 0 Å². The van der Waals surface area contributed by atoms with Crippen molar-refractivity contribution in [2.75, 3.05) is 26.2 Å². The maximum absolute atomic E-state index is 3.81. The number of fused-ring (bicyclic) bond motifs is 1. The maximum atomic E-state index is 3.81. The van der Waals surface area contributed by atoms with Crippen molar-refractivity contribution in [3.8, 4) is 0 Å². The van der Waals surface area contributed by atoms with Gasteiger partial charge in [-0.2, -0.15) is 0 Å². The summed E-state index contributed by atoms with van der Waals surface area (Å²) in [5.74, 6) is 0. The monoisotopic (exact) mass is 324 g/mol. The van der Waals surface area contributed by atoms with Crippen LogP contribution in [0.5, 0.6) is 0 Å². The lowest BCUT2D eigenvalue weighted by Crippen LogP contribution is -2.46. The van der Waals surface area contributed by atoms with Gasteiger partial charge in [0.25, 0.3) is 0 Å². The number of hydrogen-bond donors (Lipinski definition) is 1. The molecule has 0 radical (unpaired) electrons. The Bertz CT molecular complexity index is 617. The van der Waals surface area contributed by atoms with Crippen LogP contribution in [-0.2, 0) is 6.42 Å². The van der Waals surface area contributed by atoms with Gasteiger partial charge >= 0.3 is 0 Å². The van der Waals surface area contributed by atoms with Gasteiger partial charge in [0, 0.05) is 12.6 Å². The number of unbranched alkanes of at least 4 members (excludes halogenated alkanes) is 2. The van der Waals surface area contributed by atoms with Gasteiger partial charge in [0.05, 0.1) is 0 Å². The second-order valence-electron chi connectivity index (χ2n) is 7.19. The Morgan fingerprint density at radius 3 is 2.88 bits per heavy atom. The minimum atomic E-state index is 0.676. The zero-order valence-corrected chi connectivity index (χ0v) is 15.1. The summed E-state index contributed by atoms with van der Waals surface area (Å²) in [4.78, 5) is 2.66. The molecule has 0 aliphatic carbocycles. The summed E-state index contributed by atoms with van der Waals surface area (Å²) < 4.78 is 0. The van der Waals surface area contributed by atoms with E-state index in [1.807, 2.05) is 0 Å². The molecule has 2 aromatic carbocycles. The average molecular weight is 325 g/mol. The molecule has 1 fully saturated rings. The molecule has 3 rings (SSSR count). The predicted octanol–water partition coefficient (Wildman–Crippen LogP) is 4.63. The third-order valence-electron chi connectivity index (χ3n) is 5.29. The SMILES string of the molecule is CCCCCN1CCCC(NCCc2cccc3ccccc23)C1. The van der Waals surface area contributed by atoms with Crippen LogP contribution < -0.4 is 5.32 Å². The molecule has 2 aromatic rings. The maximum Gasteiger partial charge on any atom is 0.0195 e. The summed E-state index contributed by atoms with van der Waals surface area (Å²) in [6.45, 7) is 7.19. The molecule has 1 N–H and O–H groups in total. The molecule has 1 saturated heterocycles. The second-order valence-corrected chi connectivity index (χ2v) is 7.19. The first kappa shape index (κ1) is 17.4. The van der Waals surface area contributed by atoms with Crippen LogP contribution in [0.3, 0.4) is 0 Å². The Hall–Kier alpha value is -1.38. The lowest BCUT2D eigenvalue weighted by Gasteiger charge is -2.33. The number of piperidine rings is 1. The molecule has 130 valence electrons. The molecule has 1 aliphatic heterocycles. The fourth-order valence-electron chi connectivity index (χ4n) is 3.93. The Balaban J connectivity index is 1.47. The quantitative estimate of drug-likeness (QED) is 0.712. The number of benzene rings is 2. The van der Waals surface area contributed by atoms with Crippen molar-refractivity contribution in [2.24, 2.45) is 0 Å². The first-order valence-electron chi connectivity index (χ1n) is 9.79. The minimum absolute atomic E-state index is 0.676. The van der Waals surface area contributed by atoms with Crippen molar-refractivity contribution in [2.45, 2.75) is 51.5 Å². The highest BCUT2D eigenvalue weighted by Crippen LogP contribution is 2.19. The van der Waals surface area contributed by atoms with E-state index in [9.17, 15) is 0 Å². The summed E-state index contributed by atoms with van der Waals surface area (Å²) in [6.07, 6.45) is 7.85. The van der Waals surface area contributed by atoms with Crippen molar-refractivity contribution >= 4 is 10.8 Å². The van der Waals surface area contributed by atoms with Gasteiger partial charge in [-0.25, -0.2) is 0 Å². The average Bonchev–Trinajstić information content (AvgIpc) is 2.63. The van der Waals surface area contributed by atoms with Gasteiger partial charge in [0.2, 0.25) is 0 Å². The van der Waals surface area contributed by atoms with Gasteiger partial charge in [0.15, 0.2) is 0 Å². The van der Waals surface area contributed by atoms with E-state index in [-0.39, 0.29) is 0 Å². The van der Waals surface area contributed by atoms with E-state index in [1.165, 1.54) is 68.1 Å². The first-order chi connectivity index (χ1) is 11.9. The van der Waals surface area contributed by atoms with Gasteiger partial charge in [0.1, 0.15) is 0 Å². The molecule has 0 aromatic heterocycles. The highest BCUT2D eigenvalue weighted by Gasteiger charge is 2.18. The van der Waals surface area contributed by atoms with Crippen LogP contribution in [0.4, 0.5) is 0 Å². The van der Waals surface area contributed by atoms with E-state index in [0.717, 1.165) is 13.0 Å². The predicted molar refractivity (Wildman–Crippen MR) is 105 cm³/mol. The van der Waals surface area contributed by atoms with Gasteiger partial charge < -0.3 is 10.2 Å². The zero-order valence-electron chi connectivity index (χ0n) is 15.1. The van der Waals surface area contributed by atoms with Crippen LogP contribution >= 0.6 is 0 Å². The van der Waals surface area contributed by atoms with Crippen molar-refractivity contribution < 1.29 is 0 Å². The van der Waals surface area contributed by atoms with Crippen molar-refractivity contribution in [1.29, 1.82) is 0 Å². The lowest BCUT2D eigenvalue weighted by atomic mass is 10.0. The molecule has 0 amide bonds. The van der Waals surface area contributed by atoms with E-state index in [0.29, 0.717) is 6.04 Å². The lowest BCUT2D eigenvalue weighted by molar-refractivity contribution is 0.188. The molecule has 2 heteroatoms. The van der Waals surface area contributed by atoms with E-state index in [4.69, 9.17) is 0 Å². The number of hydrogen-bond acceptors (Lipinski definition) is 2. The Kier molecular flexibility index (Phi) is 6.68. The first-order valence-corrected chi connectivity index (χ1v) is 9.79.